The Kier molecular flexibility index (Phi) is 3.07. The van der Waals surface area contributed by atoms with Crippen molar-refractivity contribution in [3.63, 3.8) is 0 Å². The molecule has 0 aliphatic rings. The predicted molar refractivity (Wildman–Crippen MR) is 30.8 cm³/mol. The van der Waals surface area contributed by atoms with E-state index in [1.54, 1.807) is 13.8 Å². The molecule has 56 valence electrons. The molecule has 0 atom stereocenters. The summed E-state index contributed by atoms with van der Waals surface area (Å²) in [6.07, 6.45) is 0. The second-order valence-electron chi connectivity index (χ2n) is 2.07. The highest BCUT2D eigenvalue weighted by Gasteiger charge is 2.07. The zero-order valence-corrected chi connectivity index (χ0v) is 6.11. The lowest BCUT2D eigenvalue weighted by molar-refractivity contribution is 0.257. The van der Waals surface area contributed by atoms with Gasteiger partial charge in [-0.15, -0.1) is 0 Å². The Hall–Kier alpha value is -0.160. The highest BCUT2D eigenvalue weighted by molar-refractivity contribution is 7.81. The Morgan fingerprint density at radius 1 is 1.56 bits per heavy atom. The number of hydrogen-bond acceptors (Lipinski definition) is 3. The molecule has 0 spiro atoms. The van der Waals surface area contributed by atoms with Crippen LogP contribution in [0.5, 0.6) is 0 Å². The van der Waals surface area contributed by atoms with Gasteiger partial charge in [0.2, 0.25) is 0 Å². The quantitative estimate of drug-likeness (QED) is 0.569. The Balaban J connectivity index is 3.53. The van der Waals surface area contributed by atoms with E-state index in [4.69, 9.17) is 0 Å². The zero-order chi connectivity index (χ0) is 7.49. The average Bonchev–Trinajstić information content (AvgIpc) is 1.59. The molecule has 9 heavy (non-hydrogen) atoms. The molecular formula is C4H9FO3S. The van der Waals surface area contributed by atoms with E-state index in [1.165, 1.54) is 0 Å². The van der Waals surface area contributed by atoms with Gasteiger partial charge in [-0.25, -0.2) is 4.18 Å². The summed E-state index contributed by atoms with van der Waals surface area (Å²) in [6, 6.07) is 0. The first kappa shape index (κ1) is 8.84. The van der Waals surface area contributed by atoms with Crippen molar-refractivity contribution in [3.8, 4) is 0 Å². The lowest BCUT2D eigenvalue weighted by atomic mass is 10.2. The van der Waals surface area contributed by atoms with E-state index >= 15 is 0 Å². The van der Waals surface area contributed by atoms with Crippen LogP contribution >= 0.6 is 0 Å². The van der Waals surface area contributed by atoms with E-state index < -0.39 is 10.5 Å². The summed E-state index contributed by atoms with van der Waals surface area (Å²) >= 11 is 0. The molecule has 0 amide bonds. The monoisotopic (exact) mass is 156 g/mol. The molecule has 0 saturated carbocycles. The molecule has 5 heteroatoms. The van der Waals surface area contributed by atoms with Gasteiger partial charge in [-0.2, -0.15) is 8.42 Å². The molecule has 0 aliphatic carbocycles. The van der Waals surface area contributed by atoms with Crippen LogP contribution in [0.4, 0.5) is 3.89 Å². The van der Waals surface area contributed by atoms with Crippen molar-refractivity contribution in [2.75, 3.05) is 6.61 Å². The fourth-order valence-electron chi connectivity index (χ4n) is 0.217. The molecule has 0 bridgehead atoms. The molecular weight excluding hydrogens is 147 g/mol. The fraction of sp³-hybridized carbons (Fsp3) is 1.00. The molecule has 0 unspecified atom stereocenters. The van der Waals surface area contributed by atoms with Crippen molar-refractivity contribution in [1.82, 2.24) is 0 Å². The van der Waals surface area contributed by atoms with E-state index in [0.29, 0.717) is 0 Å². The summed E-state index contributed by atoms with van der Waals surface area (Å²) in [5, 5.41) is 0. The normalized spacial score (nSPS) is 12.4. The minimum absolute atomic E-state index is 0.0236. The lowest BCUT2D eigenvalue weighted by Crippen LogP contribution is -2.05. The molecule has 0 N–H and O–H groups in total. The number of hydrogen-bond donors (Lipinski definition) is 0. The first-order chi connectivity index (χ1) is 3.92. The van der Waals surface area contributed by atoms with Gasteiger partial charge in [0, 0.05) is 0 Å². The van der Waals surface area contributed by atoms with Gasteiger partial charge in [0.25, 0.3) is 0 Å². The van der Waals surface area contributed by atoms with E-state index in [0.717, 1.165) is 0 Å². The average molecular weight is 156 g/mol. The summed E-state index contributed by atoms with van der Waals surface area (Å²) < 4.78 is 34.6. The van der Waals surface area contributed by atoms with E-state index in [2.05, 4.69) is 4.18 Å². The SMILES string of the molecule is CC(C)COS(=O)(=O)F. The fourth-order valence-corrected chi connectivity index (χ4v) is 0.652. The Labute approximate surface area is 54.2 Å². The topological polar surface area (TPSA) is 43.4 Å². The number of halogens is 1. The van der Waals surface area contributed by atoms with Gasteiger partial charge in [-0.1, -0.05) is 17.7 Å². The highest BCUT2D eigenvalue weighted by atomic mass is 32.3. The van der Waals surface area contributed by atoms with Crippen molar-refractivity contribution in [1.29, 1.82) is 0 Å². The zero-order valence-electron chi connectivity index (χ0n) is 5.30. The second kappa shape index (κ2) is 3.12. The van der Waals surface area contributed by atoms with Crippen LogP contribution in [-0.4, -0.2) is 15.0 Å². The summed E-state index contributed by atoms with van der Waals surface area (Å²) in [5.41, 5.74) is 0. The molecule has 0 aromatic carbocycles. The van der Waals surface area contributed by atoms with Crippen LogP contribution in [0.15, 0.2) is 0 Å². The van der Waals surface area contributed by atoms with E-state index in [9.17, 15) is 12.3 Å². The maximum absolute atomic E-state index is 11.5. The summed E-state index contributed by atoms with van der Waals surface area (Å²) in [6.45, 7) is 3.36. The molecule has 0 aromatic rings. The lowest BCUT2D eigenvalue weighted by Gasteiger charge is -1.99. The summed E-state index contributed by atoms with van der Waals surface area (Å²) in [7, 11) is -4.72. The third-order valence-electron chi connectivity index (χ3n) is 0.542. The van der Waals surface area contributed by atoms with Gasteiger partial charge in [-0.05, 0) is 5.92 Å². The van der Waals surface area contributed by atoms with Crippen LogP contribution in [0.1, 0.15) is 13.8 Å². The summed E-state index contributed by atoms with van der Waals surface area (Å²) in [5.74, 6) is 0.0236. The van der Waals surface area contributed by atoms with Crippen LogP contribution in [0.2, 0.25) is 0 Å². The van der Waals surface area contributed by atoms with Crippen molar-refractivity contribution >= 4 is 10.5 Å². The smallest absolute Gasteiger partial charge is 0.244 e. The van der Waals surface area contributed by atoms with Crippen molar-refractivity contribution in [3.05, 3.63) is 0 Å². The maximum Gasteiger partial charge on any atom is 0.437 e. The molecule has 0 rings (SSSR count). The first-order valence-corrected chi connectivity index (χ1v) is 3.81. The van der Waals surface area contributed by atoms with Crippen LogP contribution in [0, 0.1) is 5.92 Å². The van der Waals surface area contributed by atoms with Crippen LogP contribution < -0.4 is 0 Å². The molecule has 0 aromatic heterocycles. The van der Waals surface area contributed by atoms with Gasteiger partial charge in [0.1, 0.15) is 0 Å². The first-order valence-electron chi connectivity index (χ1n) is 2.51. The van der Waals surface area contributed by atoms with E-state index in [1.807, 2.05) is 0 Å². The van der Waals surface area contributed by atoms with Crippen molar-refractivity contribution in [2.45, 2.75) is 13.8 Å². The van der Waals surface area contributed by atoms with Gasteiger partial charge in [0.05, 0.1) is 6.61 Å². The third-order valence-corrected chi connectivity index (χ3v) is 0.960. The van der Waals surface area contributed by atoms with Crippen LogP contribution in [-0.2, 0) is 14.7 Å². The molecule has 0 heterocycles. The van der Waals surface area contributed by atoms with Gasteiger partial charge >= 0.3 is 10.5 Å². The van der Waals surface area contributed by atoms with Crippen molar-refractivity contribution in [2.24, 2.45) is 5.92 Å². The summed E-state index contributed by atoms with van der Waals surface area (Å²) in [4.78, 5) is 0. The molecule has 0 radical (unpaired) electrons. The Bertz CT molecular complexity index is 161. The Morgan fingerprint density at radius 3 is 2.11 bits per heavy atom. The van der Waals surface area contributed by atoms with Crippen LogP contribution in [0.25, 0.3) is 0 Å². The standard InChI is InChI=1S/C4H9FO3S/c1-4(2)3-8-9(5,6)7/h4H,3H2,1-2H3. The molecule has 3 nitrogen and oxygen atoms in total. The van der Waals surface area contributed by atoms with Gasteiger partial charge in [-0.3, -0.25) is 0 Å². The van der Waals surface area contributed by atoms with E-state index in [-0.39, 0.29) is 12.5 Å². The van der Waals surface area contributed by atoms with Crippen LogP contribution in [0.3, 0.4) is 0 Å². The molecule has 0 saturated heterocycles. The van der Waals surface area contributed by atoms with Gasteiger partial charge < -0.3 is 0 Å². The molecule has 0 fully saturated rings. The minimum atomic E-state index is -4.72. The van der Waals surface area contributed by atoms with Crippen molar-refractivity contribution < 1.29 is 16.5 Å². The second-order valence-corrected chi connectivity index (χ2v) is 3.09. The van der Waals surface area contributed by atoms with Gasteiger partial charge in [0.15, 0.2) is 0 Å². The highest BCUT2D eigenvalue weighted by Crippen LogP contribution is 1.98. The predicted octanol–water partition coefficient (Wildman–Crippen LogP) is 0.873. The Morgan fingerprint density at radius 2 is 2.00 bits per heavy atom. The minimum Gasteiger partial charge on any atom is -0.244 e. The molecule has 0 aliphatic heterocycles. The third kappa shape index (κ3) is 7.84. The maximum atomic E-state index is 11.5. The number of rotatable bonds is 3. The largest absolute Gasteiger partial charge is 0.437 e.